The van der Waals surface area contributed by atoms with Crippen LogP contribution in [-0.2, 0) is 6.54 Å². The van der Waals surface area contributed by atoms with Crippen LogP contribution in [0.15, 0.2) is 36.4 Å². The predicted octanol–water partition coefficient (Wildman–Crippen LogP) is 3.93. The van der Waals surface area contributed by atoms with Crippen molar-refractivity contribution in [3.05, 3.63) is 64.5 Å². The maximum Gasteiger partial charge on any atom is 0.141 e. The lowest BCUT2D eigenvalue weighted by Crippen LogP contribution is -2.02. The number of rotatable bonds is 3. The molecule has 2 aromatic rings. The van der Waals surface area contributed by atoms with Crippen molar-refractivity contribution in [1.29, 1.82) is 5.26 Å². The van der Waals surface area contributed by atoms with Crippen LogP contribution >= 0.6 is 0 Å². The first-order chi connectivity index (χ1) is 9.10. The van der Waals surface area contributed by atoms with Crippen LogP contribution in [0.1, 0.15) is 22.3 Å². The topological polar surface area (TPSA) is 35.8 Å². The molecular formula is C16H15FN2. The van der Waals surface area contributed by atoms with Crippen molar-refractivity contribution >= 4 is 5.69 Å². The lowest BCUT2D eigenvalue weighted by molar-refractivity contribution is 0.624. The summed E-state index contributed by atoms with van der Waals surface area (Å²) >= 11 is 0. The number of hydrogen-bond acceptors (Lipinski definition) is 2. The van der Waals surface area contributed by atoms with E-state index < -0.39 is 5.82 Å². The van der Waals surface area contributed by atoms with E-state index in [1.165, 1.54) is 28.8 Å². The van der Waals surface area contributed by atoms with Gasteiger partial charge in [-0.2, -0.15) is 5.26 Å². The molecule has 0 spiro atoms. The zero-order valence-corrected chi connectivity index (χ0v) is 11.0. The van der Waals surface area contributed by atoms with E-state index in [4.69, 9.17) is 5.26 Å². The van der Waals surface area contributed by atoms with Gasteiger partial charge in [-0.25, -0.2) is 4.39 Å². The molecule has 0 amide bonds. The second-order valence-corrected chi connectivity index (χ2v) is 4.59. The first-order valence-electron chi connectivity index (χ1n) is 6.10. The predicted molar refractivity (Wildman–Crippen MR) is 74.4 cm³/mol. The van der Waals surface area contributed by atoms with Gasteiger partial charge >= 0.3 is 0 Å². The Kier molecular flexibility index (Phi) is 3.82. The summed E-state index contributed by atoms with van der Waals surface area (Å²) in [4.78, 5) is 0. The van der Waals surface area contributed by atoms with Crippen molar-refractivity contribution in [2.24, 2.45) is 0 Å². The van der Waals surface area contributed by atoms with Crippen LogP contribution in [0.4, 0.5) is 10.1 Å². The van der Waals surface area contributed by atoms with E-state index in [9.17, 15) is 4.39 Å². The zero-order valence-electron chi connectivity index (χ0n) is 11.0. The maximum atomic E-state index is 13.2. The smallest absolute Gasteiger partial charge is 0.141 e. The molecule has 0 unspecified atom stereocenters. The van der Waals surface area contributed by atoms with Crippen LogP contribution in [0, 0.1) is 31.0 Å². The molecule has 0 radical (unpaired) electrons. The van der Waals surface area contributed by atoms with Crippen LogP contribution < -0.4 is 5.32 Å². The fourth-order valence-corrected chi connectivity index (χ4v) is 1.96. The lowest BCUT2D eigenvalue weighted by Gasteiger charge is -2.10. The molecule has 0 heterocycles. The SMILES string of the molecule is Cc1ccc(CNc2ccc(F)c(C#N)c2)c(C)c1. The molecule has 0 bridgehead atoms. The summed E-state index contributed by atoms with van der Waals surface area (Å²) in [5.74, 6) is -0.487. The quantitative estimate of drug-likeness (QED) is 0.900. The van der Waals surface area contributed by atoms with Gasteiger partial charge in [-0.15, -0.1) is 0 Å². The first-order valence-corrected chi connectivity index (χ1v) is 6.10. The summed E-state index contributed by atoms with van der Waals surface area (Å²) in [6.07, 6.45) is 0. The van der Waals surface area contributed by atoms with E-state index in [0.717, 1.165) is 5.69 Å². The standard InChI is InChI=1S/C16H15FN2/c1-11-3-4-13(12(2)7-11)10-19-15-5-6-16(17)14(8-15)9-18/h3-8,19H,10H2,1-2H3. The molecule has 0 fully saturated rings. The molecule has 2 nitrogen and oxygen atoms in total. The second-order valence-electron chi connectivity index (χ2n) is 4.59. The molecule has 2 aromatic carbocycles. The van der Waals surface area contributed by atoms with Crippen molar-refractivity contribution in [3.63, 3.8) is 0 Å². The fourth-order valence-electron chi connectivity index (χ4n) is 1.96. The van der Waals surface area contributed by atoms with Gasteiger partial charge in [-0.3, -0.25) is 0 Å². The van der Waals surface area contributed by atoms with Gasteiger partial charge < -0.3 is 5.32 Å². The molecule has 0 saturated heterocycles. The molecule has 2 rings (SSSR count). The minimum absolute atomic E-state index is 0.0608. The highest BCUT2D eigenvalue weighted by Gasteiger charge is 2.03. The average molecular weight is 254 g/mol. The highest BCUT2D eigenvalue weighted by Crippen LogP contribution is 2.16. The summed E-state index contributed by atoms with van der Waals surface area (Å²) in [5, 5.41) is 12.0. The number of nitriles is 1. The Hall–Kier alpha value is -2.34. The molecule has 1 N–H and O–H groups in total. The Bertz CT molecular complexity index is 642. The third-order valence-corrected chi connectivity index (χ3v) is 3.07. The van der Waals surface area contributed by atoms with E-state index in [2.05, 4.69) is 37.4 Å². The van der Waals surface area contributed by atoms with Crippen molar-refractivity contribution in [3.8, 4) is 6.07 Å². The lowest BCUT2D eigenvalue weighted by atomic mass is 10.1. The highest BCUT2D eigenvalue weighted by molar-refractivity contribution is 5.50. The van der Waals surface area contributed by atoms with Gasteiger partial charge in [0.1, 0.15) is 11.9 Å². The monoisotopic (exact) mass is 254 g/mol. The average Bonchev–Trinajstić information content (AvgIpc) is 2.39. The molecular weight excluding hydrogens is 239 g/mol. The van der Waals surface area contributed by atoms with Gasteiger partial charge in [0.15, 0.2) is 0 Å². The zero-order chi connectivity index (χ0) is 13.8. The maximum absolute atomic E-state index is 13.2. The van der Waals surface area contributed by atoms with E-state index in [-0.39, 0.29) is 5.56 Å². The largest absolute Gasteiger partial charge is 0.381 e. The molecule has 0 saturated carbocycles. The van der Waals surface area contributed by atoms with Crippen LogP contribution in [0.2, 0.25) is 0 Å². The van der Waals surface area contributed by atoms with Gasteiger partial charge in [-0.1, -0.05) is 23.8 Å². The van der Waals surface area contributed by atoms with Gasteiger partial charge in [0, 0.05) is 12.2 Å². The second kappa shape index (κ2) is 5.53. The van der Waals surface area contributed by atoms with E-state index in [1.54, 1.807) is 6.07 Å². The highest BCUT2D eigenvalue weighted by atomic mass is 19.1. The van der Waals surface area contributed by atoms with Gasteiger partial charge in [0.05, 0.1) is 5.56 Å². The number of nitrogens with one attached hydrogen (secondary N) is 1. The van der Waals surface area contributed by atoms with Crippen molar-refractivity contribution < 1.29 is 4.39 Å². The molecule has 0 aliphatic heterocycles. The molecule has 0 aliphatic carbocycles. The molecule has 96 valence electrons. The minimum Gasteiger partial charge on any atom is -0.381 e. The Morgan fingerprint density at radius 3 is 2.63 bits per heavy atom. The summed E-state index contributed by atoms with van der Waals surface area (Å²) < 4.78 is 13.2. The normalized spacial score (nSPS) is 10.0. The van der Waals surface area contributed by atoms with Crippen molar-refractivity contribution in [2.75, 3.05) is 5.32 Å². The number of benzene rings is 2. The number of hydrogen-bond donors (Lipinski definition) is 1. The van der Waals surface area contributed by atoms with E-state index in [1.807, 2.05) is 6.07 Å². The Morgan fingerprint density at radius 1 is 1.16 bits per heavy atom. The van der Waals surface area contributed by atoms with Crippen molar-refractivity contribution in [1.82, 2.24) is 0 Å². The minimum atomic E-state index is -0.487. The summed E-state index contributed by atoms with van der Waals surface area (Å²) in [6, 6.07) is 12.6. The molecule has 3 heteroatoms. The van der Waals surface area contributed by atoms with Gasteiger partial charge in [0.2, 0.25) is 0 Å². The van der Waals surface area contributed by atoms with Crippen LogP contribution in [0.25, 0.3) is 0 Å². The molecule has 19 heavy (non-hydrogen) atoms. The summed E-state index contributed by atoms with van der Waals surface area (Å²) in [6.45, 7) is 4.78. The number of halogens is 1. The number of aryl methyl sites for hydroxylation is 2. The number of anilines is 1. The Labute approximate surface area is 112 Å². The Balaban J connectivity index is 2.13. The summed E-state index contributed by atoms with van der Waals surface area (Å²) in [7, 11) is 0. The van der Waals surface area contributed by atoms with Gasteiger partial charge in [-0.05, 0) is 43.2 Å². The van der Waals surface area contributed by atoms with Crippen LogP contribution in [0.3, 0.4) is 0 Å². The fraction of sp³-hybridized carbons (Fsp3) is 0.188. The third kappa shape index (κ3) is 3.11. The molecule has 0 atom stereocenters. The molecule has 0 aliphatic rings. The first kappa shape index (κ1) is 13.1. The van der Waals surface area contributed by atoms with Crippen molar-refractivity contribution in [2.45, 2.75) is 20.4 Å². The van der Waals surface area contributed by atoms with E-state index >= 15 is 0 Å². The third-order valence-electron chi connectivity index (χ3n) is 3.07. The van der Waals surface area contributed by atoms with Crippen LogP contribution in [-0.4, -0.2) is 0 Å². The summed E-state index contributed by atoms with van der Waals surface area (Å²) in [5.41, 5.74) is 4.45. The Morgan fingerprint density at radius 2 is 1.95 bits per heavy atom. The van der Waals surface area contributed by atoms with E-state index in [0.29, 0.717) is 6.54 Å². The number of nitrogens with zero attached hydrogens (tertiary/aromatic N) is 1. The van der Waals surface area contributed by atoms with Crippen LogP contribution in [0.5, 0.6) is 0 Å². The van der Waals surface area contributed by atoms with Gasteiger partial charge in [0.25, 0.3) is 0 Å². The molecule has 0 aromatic heterocycles.